The van der Waals surface area contributed by atoms with Gasteiger partial charge in [0.25, 0.3) is 0 Å². The third kappa shape index (κ3) is 8.07. The highest BCUT2D eigenvalue weighted by atomic mass is 35.5. The summed E-state index contributed by atoms with van der Waals surface area (Å²) in [5.41, 5.74) is 5.74. The van der Waals surface area contributed by atoms with E-state index in [9.17, 15) is 9.59 Å². The lowest BCUT2D eigenvalue weighted by Crippen LogP contribution is -2.02. The van der Waals surface area contributed by atoms with E-state index in [1.54, 1.807) is 0 Å². The van der Waals surface area contributed by atoms with Crippen molar-refractivity contribution in [3.05, 3.63) is 94.9 Å². The van der Waals surface area contributed by atoms with E-state index in [1.807, 2.05) is 96.6 Å². The van der Waals surface area contributed by atoms with Crippen LogP contribution in [0, 0.1) is 6.92 Å². The zero-order valence-electron chi connectivity index (χ0n) is 22.2. The van der Waals surface area contributed by atoms with E-state index in [2.05, 4.69) is 0 Å². The highest BCUT2D eigenvalue weighted by Crippen LogP contribution is 2.29. The molecular formula is C32H31ClN2O5. The molecule has 1 heterocycles. The van der Waals surface area contributed by atoms with Crippen LogP contribution in [-0.4, -0.2) is 38.3 Å². The first-order valence-electron chi connectivity index (χ1n) is 13.1. The molecule has 0 unspecified atom stereocenters. The fourth-order valence-corrected chi connectivity index (χ4v) is 4.55. The van der Waals surface area contributed by atoms with Crippen molar-refractivity contribution in [3.8, 4) is 28.1 Å². The largest absolute Gasteiger partial charge is 0.494 e. The standard InChI is InChI=1S/C32H31ClN2O5/c1-22-6-16-27(28(33)20-22)29-21-35(18-2-4-31(36)37)30(34-29)17-9-23-7-10-24(11-8-23)25-12-14-26(15-13-25)40-19-3-5-32(38)39/h6-17,20-21H,2-5,18-19H2,1H3,(H,36,37)(H,38,39). The van der Waals surface area contributed by atoms with Gasteiger partial charge in [-0.3, -0.25) is 9.59 Å². The molecule has 0 aliphatic heterocycles. The number of carboxylic acids is 2. The Labute approximate surface area is 238 Å². The number of hydrogen-bond donors (Lipinski definition) is 2. The van der Waals surface area contributed by atoms with E-state index in [1.165, 1.54) is 0 Å². The molecule has 0 fully saturated rings. The van der Waals surface area contributed by atoms with Gasteiger partial charge < -0.3 is 19.5 Å². The van der Waals surface area contributed by atoms with Crippen molar-refractivity contribution >= 4 is 35.7 Å². The molecule has 0 aliphatic carbocycles. The summed E-state index contributed by atoms with van der Waals surface area (Å²) < 4.78 is 7.57. The highest BCUT2D eigenvalue weighted by Gasteiger charge is 2.12. The van der Waals surface area contributed by atoms with Crippen LogP contribution in [0.2, 0.25) is 5.02 Å². The van der Waals surface area contributed by atoms with Gasteiger partial charge in [-0.1, -0.05) is 66.2 Å². The number of rotatable bonds is 13. The Morgan fingerprint density at radius 3 is 2.20 bits per heavy atom. The third-order valence-electron chi connectivity index (χ3n) is 6.32. The van der Waals surface area contributed by atoms with Gasteiger partial charge in [-0.15, -0.1) is 0 Å². The number of aromatic nitrogens is 2. The molecule has 40 heavy (non-hydrogen) atoms. The molecule has 206 valence electrons. The molecule has 4 aromatic rings. The minimum atomic E-state index is -0.824. The van der Waals surface area contributed by atoms with E-state index >= 15 is 0 Å². The quantitative estimate of drug-likeness (QED) is 0.165. The Kier molecular flexibility index (Phi) is 9.76. The average molecular weight is 559 g/mol. The topological polar surface area (TPSA) is 102 Å². The minimum Gasteiger partial charge on any atom is -0.494 e. The van der Waals surface area contributed by atoms with Crippen LogP contribution in [0.15, 0.2) is 72.9 Å². The number of halogens is 1. The summed E-state index contributed by atoms with van der Waals surface area (Å²) >= 11 is 6.49. The Bertz CT molecular complexity index is 1490. The van der Waals surface area contributed by atoms with Gasteiger partial charge in [0, 0.05) is 31.1 Å². The predicted molar refractivity (Wildman–Crippen MR) is 157 cm³/mol. The Hall–Kier alpha value is -4.36. The van der Waals surface area contributed by atoms with Crippen molar-refractivity contribution < 1.29 is 24.5 Å². The molecule has 0 atom stereocenters. The van der Waals surface area contributed by atoms with E-state index in [0.29, 0.717) is 36.8 Å². The third-order valence-corrected chi connectivity index (χ3v) is 6.64. The lowest BCUT2D eigenvalue weighted by Gasteiger charge is -2.07. The van der Waals surface area contributed by atoms with Gasteiger partial charge in [-0.05, 0) is 66.3 Å². The van der Waals surface area contributed by atoms with Crippen LogP contribution in [0.1, 0.15) is 42.6 Å². The first-order chi connectivity index (χ1) is 19.3. The first-order valence-corrected chi connectivity index (χ1v) is 13.4. The second kappa shape index (κ2) is 13.6. The van der Waals surface area contributed by atoms with Gasteiger partial charge >= 0.3 is 11.9 Å². The summed E-state index contributed by atoms with van der Waals surface area (Å²) in [6.45, 7) is 2.88. The maximum atomic E-state index is 11.0. The fraction of sp³-hybridized carbons (Fsp3) is 0.219. The number of nitrogens with zero attached hydrogens (tertiary/aromatic N) is 2. The van der Waals surface area contributed by atoms with Crippen molar-refractivity contribution in [2.24, 2.45) is 0 Å². The zero-order chi connectivity index (χ0) is 28.5. The highest BCUT2D eigenvalue weighted by molar-refractivity contribution is 6.33. The molecule has 7 nitrogen and oxygen atoms in total. The molecule has 1 aromatic heterocycles. The van der Waals surface area contributed by atoms with Crippen LogP contribution in [0.3, 0.4) is 0 Å². The molecule has 4 rings (SSSR count). The van der Waals surface area contributed by atoms with Crippen molar-refractivity contribution in [2.75, 3.05) is 6.61 Å². The molecule has 0 saturated carbocycles. The molecule has 8 heteroatoms. The lowest BCUT2D eigenvalue weighted by molar-refractivity contribution is -0.138. The Balaban J connectivity index is 1.46. The normalized spacial score (nSPS) is 11.2. The van der Waals surface area contributed by atoms with Gasteiger partial charge in [-0.2, -0.15) is 0 Å². The van der Waals surface area contributed by atoms with Crippen molar-refractivity contribution in [2.45, 2.75) is 39.2 Å². The Morgan fingerprint density at radius 1 is 0.900 bits per heavy atom. The van der Waals surface area contributed by atoms with Gasteiger partial charge in [0.2, 0.25) is 0 Å². The lowest BCUT2D eigenvalue weighted by atomic mass is 10.0. The van der Waals surface area contributed by atoms with Crippen LogP contribution >= 0.6 is 11.6 Å². The predicted octanol–water partition coefficient (Wildman–Crippen LogP) is 7.46. The number of aliphatic carboxylic acids is 2. The minimum absolute atomic E-state index is 0.0846. The maximum absolute atomic E-state index is 11.0. The van der Waals surface area contributed by atoms with E-state index in [-0.39, 0.29) is 12.8 Å². The second-order valence-corrected chi connectivity index (χ2v) is 9.89. The number of carbonyl (C=O) groups is 2. The first kappa shape index (κ1) is 28.6. The van der Waals surface area contributed by atoms with Gasteiger partial charge in [0.1, 0.15) is 11.6 Å². The summed E-state index contributed by atoms with van der Waals surface area (Å²) in [5, 5.41) is 18.4. The van der Waals surface area contributed by atoms with Crippen LogP contribution in [0.4, 0.5) is 0 Å². The number of imidazole rings is 1. The van der Waals surface area contributed by atoms with Gasteiger partial charge in [-0.25, -0.2) is 4.98 Å². The maximum Gasteiger partial charge on any atom is 0.303 e. The summed E-state index contributed by atoms with van der Waals surface area (Å²) in [6, 6.07) is 21.7. The molecular weight excluding hydrogens is 528 g/mol. The SMILES string of the molecule is Cc1ccc(-c2cn(CCCC(=O)O)c(C=Cc3ccc(-c4ccc(OCCCC(=O)O)cc4)cc3)n2)c(Cl)c1. The number of hydrogen-bond acceptors (Lipinski definition) is 4. The molecule has 0 bridgehead atoms. The fourth-order valence-electron chi connectivity index (χ4n) is 4.22. The van der Waals surface area contributed by atoms with Crippen molar-refractivity contribution in [1.29, 1.82) is 0 Å². The molecule has 0 aliphatic rings. The average Bonchev–Trinajstić information content (AvgIpc) is 3.32. The monoisotopic (exact) mass is 558 g/mol. The molecule has 0 amide bonds. The summed E-state index contributed by atoms with van der Waals surface area (Å²) in [6.07, 6.45) is 6.96. The smallest absolute Gasteiger partial charge is 0.303 e. The van der Waals surface area contributed by atoms with Crippen molar-refractivity contribution in [1.82, 2.24) is 9.55 Å². The summed E-state index contributed by atoms with van der Waals surface area (Å²) in [5.74, 6) is -0.217. The number of ether oxygens (including phenoxy) is 1. The van der Waals surface area contributed by atoms with Crippen LogP contribution in [0.25, 0.3) is 34.5 Å². The van der Waals surface area contributed by atoms with Crippen molar-refractivity contribution in [3.63, 3.8) is 0 Å². The van der Waals surface area contributed by atoms with Crippen LogP contribution < -0.4 is 4.74 Å². The van der Waals surface area contributed by atoms with E-state index < -0.39 is 11.9 Å². The van der Waals surface area contributed by atoms with Crippen LogP contribution in [0.5, 0.6) is 5.75 Å². The van der Waals surface area contributed by atoms with Crippen LogP contribution in [-0.2, 0) is 16.1 Å². The number of benzene rings is 3. The molecule has 3 aromatic carbocycles. The second-order valence-electron chi connectivity index (χ2n) is 9.48. The van der Waals surface area contributed by atoms with Gasteiger partial charge in [0.05, 0.1) is 17.3 Å². The molecule has 0 radical (unpaired) electrons. The summed E-state index contributed by atoms with van der Waals surface area (Å²) in [4.78, 5) is 26.4. The van der Waals surface area contributed by atoms with E-state index in [4.69, 9.17) is 31.5 Å². The zero-order valence-corrected chi connectivity index (χ0v) is 23.0. The summed E-state index contributed by atoms with van der Waals surface area (Å²) in [7, 11) is 0. The molecule has 0 spiro atoms. The number of carboxylic acid groups (broad SMARTS) is 2. The number of aryl methyl sites for hydroxylation is 2. The van der Waals surface area contributed by atoms with E-state index in [0.717, 1.165) is 39.3 Å². The van der Waals surface area contributed by atoms with Gasteiger partial charge in [0.15, 0.2) is 0 Å². The molecule has 0 saturated heterocycles. The Morgan fingerprint density at radius 2 is 1.55 bits per heavy atom. The molecule has 2 N–H and O–H groups in total.